The first-order valence-electron chi connectivity index (χ1n) is 12.5. The first kappa shape index (κ1) is 26.0. The molecule has 1 aliphatic rings. The Bertz CT molecular complexity index is 413. The van der Waals surface area contributed by atoms with E-state index in [0.29, 0.717) is 13.2 Å². The topological polar surface area (TPSA) is 52.6 Å². The second-order valence-corrected chi connectivity index (χ2v) is 8.77. The molecule has 0 unspecified atom stereocenters. The van der Waals surface area contributed by atoms with Crippen molar-refractivity contribution in [3.63, 3.8) is 0 Å². The van der Waals surface area contributed by atoms with Crippen LogP contribution in [0, 0.1) is 11.8 Å². The van der Waals surface area contributed by atoms with Gasteiger partial charge in [0.1, 0.15) is 0 Å². The molecule has 0 saturated heterocycles. The summed E-state index contributed by atoms with van der Waals surface area (Å²) in [5.41, 5.74) is 0. The lowest BCUT2D eigenvalue weighted by Crippen LogP contribution is -2.28. The highest BCUT2D eigenvalue weighted by Crippen LogP contribution is 2.30. The Kier molecular flexibility index (Phi) is 15.9. The summed E-state index contributed by atoms with van der Waals surface area (Å²) >= 11 is 0. The van der Waals surface area contributed by atoms with Crippen LogP contribution in [0.4, 0.5) is 0 Å². The van der Waals surface area contributed by atoms with E-state index in [1.165, 1.54) is 57.8 Å². The van der Waals surface area contributed by atoms with Crippen molar-refractivity contribution >= 4 is 11.9 Å². The normalized spacial score (nSPS) is 19.1. The lowest BCUT2D eigenvalue weighted by atomic mass is 9.82. The molecule has 170 valence electrons. The molecule has 0 heterocycles. The fourth-order valence-corrected chi connectivity index (χ4v) is 4.09. The number of carbonyl (C=O) groups is 2. The summed E-state index contributed by atoms with van der Waals surface area (Å²) in [5.74, 6) is -0.173. The van der Waals surface area contributed by atoms with E-state index in [9.17, 15) is 9.59 Å². The average molecular weight is 411 g/mol. The van der Waals surface area contributed by atoms with Crippen LogP contribution in [-0.4, -0.2) is 25.2 Å². The maximum Gasteiger partial charge on any atom is 0.308 e. The molecule has 0 spiro atoms. The van der Waals surface area contributed by atoms with Gasteiger partial charge in [-0.1, -0.05) is 84.5 Å². The highest BCUT2D eigenvalue weighted by Gasteiger charge is 2.31. The van der Waals surface area contributed by atoms with Crippen LogP contribution >= 0.6 is 0 Å². The van der Waals surface area contributed by atoms with E-state index >= 15 is 0 Å². The third-order valence-electron chi connectivity index (χ3n) is 6.13. The Morgan fingerprint density at radius 1 is 0.552 bits per heavy atom. The molecular formula is C25H46O4. The molecule has 1 fully saturated rings. The summed E-state index contributed by atoms with van der Waals surface area (Å²) in [6.45, 7) is 5.54. The zero-order chi connectivity index (χ0) is 21.2. The van der Waals surface area contributed by atoms with Gasteiger partial charge < -0.3 is 9.47 Å². The summed E-state index contributed by atoms with van der Waals surface area (Å²) in [5, 5.41) is 0. The van der Waals surface area contributed by atoms with Gasteiger partial charge >= 0.3 is 11.9 Å². The van der Waals surface area contributed by atoms with Gasteiger partial charge in [-0.05, 0) is 38.5 Å². The number of rotatable bonds is 17. The number of unbranched alkanes of at least 4 members (excludes halogenated alkanes) is 11. The predicted molar refractivity (Wildman–Crippen MR) is 119 cm³/mol. The second kappa shape index (κ2) is 17.8. The van der Waals surface area contributed by atoms with Crippen LogP contribution in [0.5, 0.6) is 0 Å². The maximum absolute atomic E-state index is 12.2. The van der Waals surface area contributed by atoms with Crippen molar-refractivity contribution in [1.29, 1.82) is 0 Å². The van der Waals surface area contributed by atoms with E-state index in [4.69, 9.17) is 9.47 Å². The minimum Gasteiger partial charge on any atom is -0.465 e. The van der Waals surface area contributed by atoms with Gasteiger partial charge in [0.05, 0.1) is 25.0 Å². The zero-order valence-electron chi connectivity index (χ0n) is 19.2. The molecule has 0 aromatic rings. The highest BCUT2D eigenvalue weighted by atomic mass is 16.5. The minimum atomic E-state index is -0.0616. The van der Waals surface area contributed by atoms with Crippen molar-refractivity contribution in [3.05, 3.63) is 0 Å². The standard InChI is InChI=1S/C25H46O4/c1-3-5-7-9-11-13-15-21-29-25(27)23-18-16-22(17-19-23)24(26)28-20-14-12-10-8-6-4-2/h22-23H,3-21H2,1-2H3. The molecule has 1 rings (SSSR count). The number of hydrogen-bond donors (Lipinski definition) is 0. The van der Waals surface area contributed by atoms with Crippen LogP contribution in [0.25, 0.3) is 0 Å². The van der Waals surface area contributed by atoms with E-state index in [2.05, 4.69) is 13.8 Å². The molecule has 0 aliphatic heterocycles. The molecule has 29 heavy (non-hydrogen) atoms. The van der Waals surface area contributed by atoms with E-state index in [1.807, 2.05) is 0 Å². The van der Waals surface area contributed by atoms with Crippen LogP contribution in [0.2, 0.25) is 0 Å². The van der Waals surface area contributed by atoms with Crippen LogP contribution in [0.1, 0.15) is 123 Å². The van der Waals surface area contributed by atoms with Gasteiger partial charge in [0, 0.05) is 0 Å². The van der Waals surface area contributed by atoms with Crippen molar-refractivity contribution in [2.75, 3.05) is 13.2 Å². The lowest BCUT2D eigenvalue weighted by molar-refractivity contribution is -0.155. The Morgan fingerprint density at radius 2 is 0.862 bits per heavy atom. The molecule has 0 N–H and O–H groups in total. The van der Waals surface area contributed by atoms with Gasteiger partial charge in [-0.15, -0.1) is 0 Å². The number of hydrogen-bond acceptors (Lipinski definition) is 4. The molecule has 0 bridgehead atoms. The Balaban J connectivity index is 2.02. The third-order valence-corrected chi connectivity index (χ3v) is 6.13. The van der Waals surface area contributed by atoms with Gasteiger partial charge in [0.25, 0.3) is 0 Å². The largest absolute Gasteiger partial charge is 0.465 e. The molecule has 0 atom stereocenters. The predicted octanol–water partition coefficient (Wildman–Crippen LogP) is 6.99. The van der Waals surface area contributed by atoms with Gasteiger partial charge in [-0.25, -0.2) is 0 Å². The summed E-state index contributed by atoms with van der Waals surface area (Å²) in [4.78, 5) is 24.4. The van der Waals surface area contributed by atoms with E-state index in [0.717, 1.165) is 51.4 Å². The quantitative estimate of drug-likeness (QED) is 0.191. The molecule has 1 saturated carbocycles. The molecule has 0 aromatic carbocycles. The SMILES string of the molecule is CCCCCCCCCOC(=O)C1CCC(C(=O)OCCCCCCCC)CC1. The highest BCUT2D eigenvalue weighted by molar-refractivity contribution is 5.75. The van der Waals surface area contributed by atoms with Crippen molar-refractivity contribution in [2.24, 2.45) is 11.8 Å². The molecule has 0 radical (unpaired) electrons. The van der Waals surface area contributed by atoms with Crippen molar-refractivity contribution in [2.45, 2.75) is 123 Å². The van der Waals surface area contributed by atoms with Gasteiger partial charge in [-0.3, -0.25) is 9.59 Å². The van der Waals surface area contributed by atoms with Crippen LogP contribution in [0.3, 0.4) is 0 Å². The van der Waals surface area contributed by atoms with Crippen molar-refractivity contribution in [1.82, 2.24) is 0 Å². The number of esters is 2. The summed E-state index contributed by atoms with van der Waals surface area (Å²) < 4.78 is 10.9. The van der Waals surface area contributed by atoms with Crippen LogP contribution in [-0.2, 0) is 19.1 Å². The Morgan fingerprint density at radius 3 is 1.21 bits per heavy atom. The molecule has 4 heteroatoms. The zero-order valence-corrected chi connectivity index (χ0v) is 19.2. The summed E-state index contributed by atoms with van der Waals surface area (Å²) in [6, 6.07) is 0. The number of carbonyl (C=O) groups excluding carboxylic acids is 2. The monoisotopic (exact) mass is 410 g/mol. The minimum absolute atomic E-state index is 0.0257. The smallest absolute Gasteiger partial charge is 0.308 e. The molecule has 0 amide bonds. The van der Waals surface area contributed by atoms with Gasteiger partial charge in [0.2, 0.25) is 0 Å². The van der Waals surface area contributed by atoms with Crippen molar-refractivity contribution < 1.29 is 19.1 Å². The molecular weight excluding hydrogens is 364 g/mol. The summed E-state index contributed by atoms with van der Waals surface area (Å²) in [7, 11) is 0. The maximum atomic E-state index is 12.2. The molecule has 1 aliphatic carbocycles. The Labute approximate surface area is 179 Å². The van der Waals surface area contributed by atoms with Gasteiger partial charge in [-0.2, -0.15) is 0 Å². The number of ether oxygens (including phenoxy) is 2. The lowest BCUT2D eigenvalue weighted by Gasteiger charge is -2.26. The van der Waals surface area contributed by atoms with E-state index in [-0.39, 0.29) is 23.8 Å². The van der Waals surface area contributed by atoms with E-state index in [1.54, 1.807) is 0 Å². The second-order valence-electron chi connectivity index (χ2n) is 8.77. The fraction of sp³-hybridized carbons (Fsp3) is 0.920. The molecule has 4 nitrogen and oxygen atoms in total. The molecule has 0 aromatic heterocycles. The fourth-order valence-electron chi connectivity index (χ4n) is 4.09. The van der Waals surface area contributed by atoms with Gasteiger partial charge in [0.15, 0.2) is 0 Å². The first-order chi connectivity index (χ1) is 14.2. The Hall–Kier alpha value is -1.06. The van der Waals surface area contributed by atoms with Crippen LogP contribution in [0.15, 0.2) is 0 Å². The van der Waals surface area contributed by atoms with E-state index < -0.39 is 0 Å². The third kappa shape index (κ3) is 13.0. The van der Waals surface area contributed by atoms with Crippen LogP contribution < -0.4 is 0 Å². The average Bonchev–Trinajstić information content (AvgIpc) is 2.74. The van der Waals surface area contributed by atoms with Crippen molar-refractivity contribution in [3.8, 4) is 0 Å². The summed E-state index contributed by atoms with van der Waals surface area (Å²) in [6.07, 6.45) is 18.8. The first-order valence-corrected chi connectivity index (χ1v) is 12.5.